The van der Waals surface area contributed by atoms with E-state index in [9.17, 15) is 14.0 Å². The molecule has 0 aliphatic carbocycles. The number of benzene rings is 1. The maximum absolute atomic E-state index is 13.6. The van der Waals surface area contributed by atoms with Gasteiger partial charge in [-0.3, -0.25) is 4.79 Å². The van der Waals surface area contributed by atoms with E-state index in [2.05, 4.69) is 21.2 Å². The van der Waals surface area contributed by atoms with Gasteiger partial charge in [-0.1, -0.05) is 15.9 Å². The Morgan fingerprint density at radius 3 is 2.80 bits per heavy atom. The molecule has 20 heavy (non-hydrogen) atoms. The molecule has 1 saturated heterocycles. The van der Waals surface area contributed by atoms with Gasteiger partial charge in [-0.15, -0.1) is 0 Å². The minimum absolute atomic E-state index is 0.0546. The second-order valence-corrected chi connectivity index (χ2v) is 5.41. The van der Waals surface area contributed by atoms with Crippen LogP contribution >= 0.6 is 15.9 Å². The molecule has 0 spiro atoms. The van der Waals surface area contributed by atoms with Gasteiger partial charge in [0.1, 0.15) is 5.82 Å². The summed E-state index contributed by atoms with van der Waals surface area (Å²) in [5.74, 6) is -2.16. The molecule has 1 aromatic carbocycles. The number of carboxylic acids is 1. The van der Waals surface area contributed by atoms with E-state index in [1.54, 1.807) is 6.07 Å². The van der Waals surface area contributed by atoms with E-state index < -0.39 is 23.8 Å². The number of rotatable bonds is 4. The van der Waals surface area contributed by atoms with E-state index in [1.165, 1.54) is 12.1 Å². The number of amides is 1. The molecule has 2 rings (SSSR count). The molecule has 5 nitrogen and oxygen atoms in total. The second-order valence-electron chi connectivity index (χ2n) is 4.50. The van der Waals surface area contributed by atoms with Crippen molar-refractivity contribution in [3.05, 3.63) is 34.1 Å². The van der Waals surface area contributed by atoms with Crippen LogP contribution in [0.2, 0.25) is 0 Å². The van der Waals surface area contributed by atoms with Gasteiger partial charge in [0, 0.05) is 11.0 Å². The van der Waals surface area contributed by atoms with E-state index >= 15 is 0 Å². The van der Waals surface area contributed by atoms with Crippen LogP contribution in [0.4, 0.5) is 4.39 Å². The first-order valence-electron chi connectivity index (χ1n) is 6.09. The summed E-state index contributed by atoms with van der Waals surface area (Å²) in [5.41, 5.74) is -0.0546. The zero-order valence-electron chi connectivity index (χ0n) is 10.4. The van der Waals surface area contributed by atoms with Gasteiger partial charge in [0.15, 0.2) is 6.10 Å². The summed E-state index contributed by atoms with van der Waals surface area (Å²) in [6.45, 7) is 0.165. The van der Waals surface area contributed by atoms with Crippen molar-refractivity contribution < 1.29 is 23.8 Å². The van der Waals surface area contributed by atoms with Crippen LogP contribution in [-0.4, -0.2) is 35.7 Å². The lowest BCUT2D eigenvalue weighted by Gasteiger charge is -2.12. The lowest BCUT2D eigenvalue weighted by molar-refractivity contribution is -0.149. The smallest absolute Gasteiger partial charge is 0.332 e. The van der Waals surface area contributed by atoms with Crippen LogP contribution in [-0.2, 0) is 9.53 Å². The number of aliphatic carboxylic acids is 1. The standard InChI is InChI=1S/C13H13BrFNO4/c14-7-1-3-9(10(15)5-7)12(17)16-6-8-2-4-11(20-8)13(18)19/h1,3,5,8,11H,2,4,6H2,(H,16,17)(H,18,19). The minimum atomic E-state index is -1.00. The van der Waals surface area contributed by atoms with Crippen LogP contribution in [0.15, 0.2) is 22.7 Å². The molecular formula is C13H13BrFNO4. The average Bonchev–Trinajstić information content (AvgIpc) is 2.85. The fourth-order valence-electron chi connectivity index (χ4n) is 2.01. The fourth-order valence-corrected chi connectivity index (χ4v) is 2.35. The molecule has 1 aromatic rings. The van der Waals surface area contributed by atoms with Crippen LogP contribution in [0, 0.1) is 5.82 Å². The quantitative estimate of drug-likeness (QED) is 0.874. The molecule has 108 valence electrons. The number of nitrogens with one attached hydrogen (secondary N) is 1. The molecule has 0 aromatic heterocycles. The van der Waals surface area contributed by atoms with Crippen LogP contribution < -0.4 is 5.32 Å². The predicted octanol–water partition coefficient (Wildman–Crippen LogP) is 1.95. The molecule has 2 N–H and O–H groups in total. The Labute approximate surface area is 123 Å². The first kappa shape index (κ1) is 14.9. The van der Waals surface area contributed by atoms with Gasteiger partial charge >= 0.3 is 5.97 Å². The Hall–Kier alpha value is -1.47. The maximum Gasteiger partial charge on any atom is 0.332 e. The molecule has 0 bridgehead atoms. The van der Waals surface area contributed by atoms with Gasteiger partial charge in [-0.05, 0) is 31.0 Å². The summed E-state index contributed by atoms with van der Waals surface area (Å²) in [4.78, 5) is 22.5. The lowest BCUT2D eigenvalue weighted by atomic mass is 10.1. The van der Waals surface area contributed by atoms with Crippen molar-refractivity contribution in [1.29, 1.82) is 0 Å². The summed E-state index contributed by atoms with van der Waals surface area (Å²) in [7, 11) is 0. The first-order valence-corrected chi connectivity index (χ1v) is 6.88. The third kappa shape index (κ3) is 3.55. The van der Waals surface area contributed by atoms with E-state index in [-0.39, 0.29) is 18.2 Å². The highest BCUT2D eigenvalue weighted by molar-refractivity contribution is 9.10. The Bertz CT molecular complexity index is 537. The summed E-state index contributed by atoms with van der Waals surface area (Å²) >= 11 is 3.11. The van der Waals surface area contributed by atoms with Crippen LogP contribution in [0.3, 0.4) is 0 Å². The summed E-state index contributed by atoms with van der Waals surface area (Å²) in [6.07, 6.45) is -0.192. The normalized spacial score (nSPS) is 21.7. The van der Waals surface area contributed by atoms with E-state index in [0.717, 1.165) is 0 Å². The Morgan fingerprint density at radius 2 is 2.20 bits per heavy atom. The number of hydrogen-bond acceptors (Lipinski definition) is 3. The third-order valence-electron chi connectivity index (χ3n) is 3.05. The van der Waals surface area contributed by atoms with Crippen LogP contribution in [0.1, 0.15) is 23.2 Å². The lowest BCUT2D eigenvalue weighted by Crippen LogP contribution is -2.33. The molecule has 1 aliphatic heterocycles. The van der Waals surface area contributed by atoms with Gasteiger partial charge in [0.05, 0.1) is 11.7 Å². The highest BCUT2D eigenvalue weighted by atomic mass is 79.9. The van der Waals surface area contributed by atoms with Gasteiger partial charge in [0.2, 0.25) is 0 Å². The van der Waals surface area contributed by atoms with Gasteiger partial charge in [-0.2, -0.15) is 0 Å². The molecule has 2 atom stereocenters. The van der Waals surface area contributed by atoms with E-state index in [4.69, 9.17) is 9.84 Å². The zero-order valence-corrected chi connectivity index (χ0v) is 12.0. The molecule has 1 amide bonds. The number of hydrogen-bond donors (Lipinski definition) is 2. The summed E-state index contributed by atoms with van der Waals surface area (Å²) < 4.78 is 19.4. The third-order valence-corrected chi connectivity index (χ3v) is 3.54. The number of halogens is 2. The second kappa shape index (κ2) is 6.32. The zero-order chi connectivity index (χ0) is 14.7. The van der Waals surface area contributed by atoms with Gasteiger partial charge in [-0.25, -0.2) is 9.18 Å². The number of carbonyl (C=O) groups excluding carboxylic acids is 1. The topological polar surface area (TPSA) is 75.6 Å². The number of carbonyl (C=O) groups is 2. The van der Waals surface area contributed by atoms with Crippen molar-refractivity contribution in [2.75, 3.05) is 6.54 Å². The molecule has 1 aliphatic rings. The van der Waals surface area contributed by atoms with Crippen molar-refractivity contribution in [3.63, 3.8) is 0 Å². The highest BCUT2D eigenvalue weighted by Crippen LogP contribution is 2.19. The fraction of sp³-hybridized carbons (Fsp3) is 0.385. The van der Waals surface area contributed by atoms with Crippen molar-refractivity contribution in [1.82, 2.24) is 5.32 Å². The van der Waals surface area contributed by atoms with E-state index in [1.807, 2.05) is 0 Å². The minimum Gasteiger partial charge on any atom is -0.479 e. The van der Waals surface area contributed by atoms with Gasteiger partial charge in [0.25, 0.3) is 5.91 Å². The number of carboxylic acid groups (broad SMARTS) is 1. The Kier molecular flexibility index (Phi) is 4.72. The Morgan fingerprint density at radius 1 is 1.45 bits per heavy atom. The molecule has 2 unspecified atom stereocenters. The van der Waals surface area contributed by atoms with Crippen LogP contribution in [0.25, 0.3) is 0 Å². The van der Waals surface area contributed by atoms with Crippen molar-refractivity contribution in [2.45, 2.75) is 25.0 Å². The first-order chi connectivity index (χ1) is 9.47. The van der Waals surface area contributed by atoms with Crippen molar-refractivity contribution >= 4 is 27.8 Å². The molecular weight excluding hydrogens is 333 g/mol. The van der Waals surface area contributed by atoms with Crippen molar-refractivity contribution in [2.24, 2.45) is 0 Å². The maximum atomic E-state index is 13.6. The molecule has 0 radical (unpaired) electrons. The molecule has 7 heteroatoms. The predicted molar refractivity (Wildman–Crippen MR) is 72.0 cm³/mol. The SMILES string of the molecule is O=C(NCC1CCC(C(=O)O)O1)c1ccc(Br)cc1F. The number of ether oxygens (including phenoxy) is 1. The molecule has 1 heterocycles. The molecule has 1 fully saturated rings. The molecule has 0 saturated carbocycles. The summed E-state index contributed by atoms with van der Waals surface area (Å²) in [5, 5.41) is 11.3. The Balaban J connectivity index is 1.88. The average molecular weight is 346 g/mol. The highest BCUT2D eigenvalue weighted by Gasteiger charge is 2.30. The summed E-state index contributed by atoms with van der Waals surface area (Å²) in [6, 6.07) is 4.16. The van der Waals surface area contributed by atoms with E-state index in [0.29, 0.717) is 17.3 Å². The largest absolute Gasteiger partial charge is 0.479 e. The van der Waals surface area contributed by atoms with Crippen molar-refractivity contribution in [3.8, 4) is 0 Å². The van der Waals surface area contributed by atoms with Crippen LogP contribution in [0.5, 0.6) is 0 Å². The van der Waals surface area contributed by atoms with Gasteiger partial charge < -0.3 is 15.2 Å². The monoisotopic (exact) mass is 345 g/mol.